The molecule has 0 spiro atoms. The Morgan fingerprint density at radius 3 is 2.79 bits per heavy atom. The third-order valence-corrected chi connectivity index (χ3v) is 2.62. The molecule has 0 bridgehead atoms. The molecule has 1 nitrogen and oxygen atoms in total. The van der Waals surface area contributed by atoms with E-state index in [-0.39, 0.29) is 16.9 Å². The van der Waals surface area contributed by atoms with Crippen molar-refractivity contribution < 1.29 is 4.39 Å². The van der Waals surface area contributed by atoms with Crippen molar-refractivity contribution in [3.63, 3.8) is 0 Å². The van der Waals surface area contributed by atoms with Gasteiger partial charge in [-0.1, -0.05) is 17.7 Å². The van der Waals surface area contributed by atoms with Crippen LogP contribution < -0.4 is 5.32 Å². The van der Waals surface area contributed by atoms with Crippen molar-refractivity contribution in [3.05, 3.63) is 34.6 Å². The van der Waals surface area contributed by atoms with Gasteiger partial charge in [0.1, 0.15) is 5.82 Å². The Morgan fingerprint density at radius 1 is 1.50 bits per heavy atom. The summed E-state index contributed by atoms with van der Waals surface area (Å²) in [5, 5.41) is 3.34. The molecule has 0 aromatic heterocycles. The van der Waals surface area contributed by atoms with Crippen LogP contribution in [0.4, 0.5) is 4.39 Å². The second kappa shape index (κ2) is 5.54. The summed E-state index contributed by atoms with van der Waals surface area (Å²) in [6.45, 7) is 2.63. The average molecular weight is 236 g/mol. The molecule has 0 saturated heterocycles. The van der Waals surface area contributed by atoms with Gasteiger partial charge in [-0.15, -0.1) is 11.6 Å². The number of rotatable bonds is 4. The van der Waals surface area contributed by atoms with E-state index in [1.165, 1.54) is 6.07 Å². The minimum absolute atomic E-state index is 0.155. The van der Waals surface area contributed by atoms with Crippen LogP contribution >= 0.6 is 23.2 Å². The smallest absolute Gasteiger partial charge is 0.141 e. The lowest BCUT2D eigenvalue weighted by Gasteiger charge is -2.10. The molecule has 0 aliphatic heterocycles. The van der Waals surface area contributed by atoms with Crippen LogP contribution in [-0.4, -0.2) is 11.9 Å². The summed E-state index contributed by atoms with van der Waals surface area (Å²) in [7, 11) is 0. The van der Waals surface area contributed by atoms with Gasteiger partial charge in [0.05, 0.1) is 5.02 Å². The Morgan fingerprint density at radius 2 is 2.21 bits per heavy atom. The maximum absolute atomic E-state index is 12.8. The highest BCUT2D eigenvalue weighted by atomic mass is 35.5. The summed E-state index contributed by atoms with van der Waals surface area (Å²) in [6.07, 6.45) is 0. The van der Waals surface area contributed by atoms with E-state index < -0.39 is 0 Å². The molecule has 0 aliphatic rings. The van der Waals surface area contributed by atoms with Gasteiger partial charge in [-0.2, -0.15) is 0 Å². The first-order chi connectivity index (χ1) is 6.63. The predicted octanol–water partition coefficient (Wildman–Crippen LogP) is 3.20. The van der Waals surface area contributed by atoms with Crippen molar-refractivity contribution in [1.29, 1.82) is 0 Å². The molecule has 0 heterocycles. The zero-order valence-corrected chi connectivity index (χ0v) is 9.37. The molecule has 0 radical (unpaired) electrons. The van der Waals surface area contributed by atoms with Crippen LogP contribution in [0.5, 0.6) is 0 Å². The SMILES string of the molecule is CC(CCl)NCc1ccc(F)c(Cl)c1. The maximum atomic E-state index is 12.8. The fourth-order valence-electron chi connectivity index (χ4n) is 0.996. The molecule has 1 unspecified atom stereocenters. The van der Waals surface area contributed by atoms with Gasteiger partial charge in [0.25, 0.3) is 0 Å². The number of nitrogens with one attached hydrogen (secondary N) is 1. The molecule has 0 aliphatic carbocycles. The first-order valence-corrected chi connectivity index (χ1v) is 5.28. The van der Waals surface area contributed by atoms with Crippen LogP contribution in [0.3, 0.4) is 0 Å². The van der Waals surface area contributed by atoms with Gasteiger partial charge in [0.2, 0.25) is 0 Å². The van der Waals surface area contributed by atoms with Crippen molar-refractivity contribution in [1.82, 2.24) is 5.32 Å². The van der Waals surface area contributed by atoms with Gasteiger partial charge < -0.3 is 5.32 Å². The largest absolute Gasteiger partial charge is 0.309 e. The number of alkyl halides is 1. The molecule has 0 fully saturated rings. The highest BCUT2D eigenvalue weighted by Crippen LogP contribution is 2.15. The van der Waals surface area contributed by atoms with Gasteiger partial charge in [-0.3, -0.25) is 0 Å². The standard InChI is InChI=1S/C10H12Cl2FN/c1-7(5-11)14-6-8-2-3-10(13)9(12)4-8/h2-4,7,14H,5-6H2,1H3. The first kappa shape index (κ1) is 11.8. The van der Waals surface area contributed by atoms with Gasteiger partial charge >= 0.3 is 0 Å². The molecule has 1 N–H and O–H groups in total. The highest BCUT2D eigenvalue weighted by molar-refractivity contribution is 6.30. The zero-order chi connectivity index (χ0) is 10.6. The number of benzene rings is 1. The Balaban J connectivity index is 2.55. The van der Waals surface area contributed by atoms with E-state index in [4.69, 9.17) is 23.2 Å². The summed E-state index contributed by atoms with van der Waals surface area (Å²) in [5.41, 5.74) is 0.952. The number of halogens is 3. The van der Waals surface area contributed by atoms with E-state index in [0.717, 1.165) is 5.56 Å². The van der Waals surface area contributed by atoms with E-state index in [1.54, 1.807) is 12.1 Å². The summed E-state index contributed by atoms with van der Waals surface area (Å²) in [5.74, 6) is 0.162. The first-order valence-electron chi connectivity index (χ1n) is 4.36. The van der Waals surface area contributed by atoms with E-state index in [1.807, 2.05) is 6.92 Å². The van der Waals surface area contributed by atoms with Gasteiger partial charge in [-0.25, -0.2) is 4.39 Å². The van der Waals surface area contributed by atoms with Crippen molar-refractivity contribution in [2.75, 3.05) is 5.88 Å². The second-order valence-electron chi connectivity index (χ2n) is 3.18. The van der Waals surface area contributed by atoms with E-state index in [0.29, 0.717) is 12.4 Å². The lowest BCUT2D eigenvalue weighted by atomic mass is 10.2. The monoisotopic (exact) mass is 235 g/mol. The van der Waals surface area contributed by atoms with Crippen LogP contribution in [0, 0.1) is 5.82 Å². The highest BCUT2D eigenvalue weighted by Gasteiger charge is 2.02. The Kier molecular flexibility index (Phi) is 4.66. The summed E-state index contributed by atoms with van der Waals surface area (Å²) in [4.78, 5) is 0. The Hall–Kier alpha value is -0.310. The molecule has 0 saturated carbocycles. The lowest BCUT2D eigenvalue weighted by molar-refractivity contribution is 0.590. The lowest BCUT2D eigenvalue weighted by Crippen LogP contribution is -2.26. The van der Waals surface area contributed by atoms with Crippen molar-refractivity contribution in [2.24, 2.45) is 0 Å². The predicted molar refractivity (Wildman–Crippen MR) is 58.4 cm³/mol. The number of hydrogen-bond acceptors (Lipinski definition) is 1. The molecule has 14 heavy (non-hydrogen) atoms. The zero-order valence-electron chi connectivity index (χ0n) is 7.86. The van der Waals surface area contributed by atoms with Crippen LogP contribution in [0.25, 0.3) is 0 Å². The third kappa shape index (κ3) is 3.45. The average Bonchev–Trinajstić information content (AvgIpc) is 2.19. The van der Waals surface area contributed by atoms with E-state index in [9.17, 15) is 4.39 Å². The second-order valence-corrected chi connectivity index (χ2v) is 3.90. The molecule has 1 atom stereocenters. The topological polar surface area (TPSA) is 12.0 Å². The molecule has 78 valence electrons. The van der Waals surface area contributed by atoms with Gasteiger partial charge in [0, 0.05) is 18.5 Å². The summed E-state index contributed by atoms with van der Waals surface area (Å²) in [6, 6.07) is 4.92. The minimum Gasteiger partial charge on any atom is -0.309 e. The molecule has 4 heteroatoms. The van der Waals surface area contributed by atoms with E-state index >= 15 is 0 Å². The molecular formula is C10H12Cl2FN. The minimum atomic E-state index is -0.388. The van der Waals surface area contributed by atoms with Crippen LogP contribution in [0.15, 0.2) is 18.2 Å². The van der Waals surface area contributed by atoms with Crippen molar-refractivity contribution in [2.45, 2.75) is 19.5 Å². The number of hydrogen-bond donors (Lipinski definition) is 1. The van der Waals surface area contributed by atoms with Crippen LogP contribution in [0.1, 0.15) is 12.5 Å². The summed E-state index contributed by atoms with van der Waals surface area (Å²) >= 11 is 11.3. The van der Waals surface area contributed by atoms with Crippen LogP contribution in [-0.2, 0) is 6.54 Å². The van der Waals surface area contributed by atoms with Crippen LogP contribution in [0.2, 0.25) is 5.02 Å². The molecule has 0 amide bonds. The van der Waals surface area contributed by atoms with Gasteiger partial charge in [0.15, 0.2) is 0 Å². The quantitative estimate of drug-likeness (QED) is 0.791. The molecule has 1 aromatic carbocycles. The molecule has 1 aromatic rings. The Bertz CT molecular complexity index is 304. The maximum Gasteiger partial charge on any atom is 0.141 e. The summed E-state index contributed by atoms with van der Waals surface area (Å²) < 4.78 is 12.8. The van der Waals surface area contributed by atoms with Gasteiger partial charge in [-0.05, 0) is 24.6 Å². The third-order valence-electron chi connectivity index (χ3n) is 1.87. The fourth-order valence-corrected chi connectivity index (χ4v) is 1.31. The Labute approximate surface area is 93.2 Å². The van der Waals surface area contributed by atoms with E-state index in [2.05, 4.69) is 5.32 Å². The fraction of sp³-hybridized carbons (Fsp3) is 0.400. The normalized spacial score (nSPS) is 12.9. The molecular weight excluding hydrogens is 224 g/mol. The van der Waals surface area contributed by atoms with Crippen molar-refractivity contribution in [3.8, 4) is 0 Å². The molecule has 1 rings (SSSR count). The van der Waals surface area contributed by atoms with Crippen molar-refractivity contribution >= 4 is 23.2 Å².